The summed E-state index contributed by atoms with van der Waals surface area (Å²) in [5, 5.41) is 15.0. The highest BCUT2D eigenvalue weighted by Crippen LogP contribution is 2.60. The van der Waals surface area contributed by atoms with Crippen LogP contribution in [0.3, 0.4) is 0 Å². The second-order valence-electron chi connectivity index (χ2n) is 10.7. The molecule has 0 aliphatic heterocycles. The van der Waals surface area contributed by atoms with E-state index in [-0.39, 0.29) is 12.8 Å². The minimum Gasteiger partial charge on any atom is -0.365 e. The summed E-state index contributed by atoms with van der Waals surface area (Å²) in [7, 11) is 0. The molecule has 3 aliphatic rings. The lowest BCUT2D eigenvalue weighted by atomic mass is 9.60. The van der Waals surface area contributed by atoms with Gasteiger partial charge in [0, 0.05) is 15.5 Å². The van der Waals surface area contributed by atoms with Crippen molar-refractivity contribution in [1.82, 2.24) is 0 Å². The first-order valence-corrected chi connectivity index (χ1v) is 11.9. The van der Waals surface area contributed by atoms with Crippen LogP contribution in [-0.2, 0) is 0 Å². The Kier molecular flexibility index (Phi) is 5.92. The van der Waals surface area contributed by atoms with Gasteiger partial charge in [-0.3, -0.25) is 0 Å². The van der Waals surface area contributed by atoms with Gasteiger partial charge in [0.2, 0.25) is 1.43 Å². The topological polar surface area (TPSA) is 40.5 Å². The predicted molar refractivity (Wildman–Crippen MR) is 122 cm³/mol. The molecule has 3 rings (SSSR count). The molecule has 0 amide bonds. The Balaban J connectivity index is 1.75. The highest BCUT2D eigenvalue weighted by Gasteiger charge is 2.50. The molecule has 3 fully saturated rings. The summed E-state index contributed by atoms with van der Waals surface area (Å²) in [5.74, 6) is 0.832. The average molecular weight is 404 g/mol. The third-order valence-electron chi connectivity index (χ3n) is 8.13. The molecule has 3 aliphatic carbocycles. The van der Waals surface area contributed by atoms with Crippen molar-refractivity contribution < 1.29 is 13.0 Å². The van der Waals surface area contributed by atoms with Gasteiger partial charge >= 0.3 is 0 Å². The minimum absolute atomic E-state index is 0.0193. The van der Waals surface area contributed by atoms with E-state index in [9.17, 15) is 5.11 Å². The molecule has 0 spiro atoms. The number of hydrogen-bond acceptors (Lipinski definition) is 2. The maximum atomic E-state index is 10.5. The van der Waals surface area contributed by atoms with E-state index in [0.717, 1.165) is 29.7 Å². The van der Waals surface area contributed by atoms with E-state index in [1.54, 1.807) is 0 Å². The summed E-state index contributed by atoms with van der Waals surface area (Å²) in [6.07, 6.45) is 12.4. The zero-order valence-electron chi connectivity index (χ0n) is 22.1. The van der Waals surface area contributed by atoms with Crippen molar-refractivity contribution >= 4 is 0 Å². The van der Waals surface area contributed by atoms with Crippen LogP contribution in [0.25, 0.3) is 0 Å². The van der Waals surface area contributed by atoms with Gasteiger partial charge in [0.25, 0.3) is 0 Å². The lowest BCUT2D eigenvalue weighted by Crippen LogP contribution is -2.36. The van der Waals surface area contributed by atoms with E-state index in [4.69, 9.17) is 4.17 Å². The fourth-order valence-electron chi connectivity index (χ4n) is 6.45. The Bertz CT molecular complexity index is 756. The van der Waals surface area contributed by atoms with Gasteiger partial charge in [-0.25, -0.2) is 0 Å². The normalized spacial score (nSPS) is 42.6. The average Bonchev–Trinajstić information content (AvgIpc) is 3.06. The Labute approximate surface area is 183 Å². The van der Waals surface area contributed by atoms with Crippen LogP contribution in [0.1, 0.15) is 101 Å². The highest BCUT2D eigenvalue weighted by molar-refractivity contribution is 5.36. The summed E-state index contributed by atoms with van der Waals surface area (Å²) in [6.45, 7) is 13.7. The van der Waals surface area contributed by atoms with Gasteiger partial charge in [-0.05, 0) is 73.2 Å². The van der Waals surface area contributed by atoms with Crippen LogP contribution in [0.15, 0.2) is 35.5 Å². The van der Waals surface area contributed by atoms with Crippen molar-refractivity contribution in [1.29, 1.82) is 1.43 Å². The molecule has 0 heterocycles. The number of fused-ring (bicyclic) bond motifs is 1. The largest absolute Gasteiger partial charge is 0.365 e. The molecule has 0 bridgehead atoms. The summed E-state index contributed by atoms with van der Waals surface area (Å²) in [4.78, 5) is 0. The Hall–Kier alpha value is -0.860. The Morgan fingerprint density at radius 2 is 2.03 bits per heavy atom. The maximum absolute atomic E-state index is 10.5. The van der Waals surface area contributed by atoms with Crippen molar-refractivity contribution in [2.45, 2.75) is 104 Å². The van der Waals surface area contributed by atoms with Crippen molar-refractivity contribution in [3.63, 3.8) is 0 Å². The SMILES string of the molecule is [2H]O[C@]1(O)CC(=CC=C2CCC[C@@]3(C)C2CC[C@@H]3[C@H](C)CCCC(C)C)C(=C)CC1([2H])[2H]. The molecule has 2 heteroatoms. The summed E-state index contributed by atoms with van der Waals surface area (Å²) >= 11 is 0. The van der Waals surface area contributed by atoms with Gasteiger partial charge in [-0.15, -0.1) is 0 Å². The Morgan fingerprint density at radius 3 is 2.76 bits per heavy atom. The van der Waals surface area contributed by atoms with Crippen molar-refractivity contribution in [3.8, 4) is 0 Å². The monoisotopic (exact) mass is 403 g/mol. The molecule has 164 valence electrons. The van der Waals surface area contributed by atoms with Crippen LogP contribution in [0.4, 0.5) is 0 Å². The van der Waals surface area contributed by atoms with E-state index in [2.05, 4.69) is 45.5 Å². The summed E-state index contributed by atoms with van der Waals surface area (Å²) in [5.41, 5.74) is 3.35. The molecule has 0 aromatic rings. The molecule has 0 aromatic heterocycles. The van der Waals surface area contributed by atoms with Crippen LogP contribution in [0.5, 0.6) is 0 Å². The van der Waals surface area contributed by atoms with Crippen molar-refractivity contribution in [3.05, 3.63) is 35.5 Å². The van der Waals surface area contributed by atoms with E-state index in [1.807, 2.05) is 6.08 Å². The highest BCUT2D eigenvalue weighted by atomic mass is 16.5. The molecule has 5 atom stereocenters. The van der Waals surface area contributed by atoms with Gasteiger partial charge < -0.3 is 10.2 Å². The molecule has 0 saturated heterocycles. The molecule has 1 unspecified atom stereocenters. The number of hydrogen-bond donors (Lipinski definition) is 2. The second kappa shape index (κ2) is 9.10. The Morgan fingerprint density at radius 1 is 1.24 bits per heavy atom. The van der Waals surface area contributed by atoms with Crippen LogP contribution in [0, 0.1) is 29.1 Å². The lowest BCUT2D eigenvalue weighted by molar-refractivity contribution is -0.166. The molecule has 29 heavy (non-hydrogen) atoms. The lowest BCUT2D eigenvalue weighted by Gasteiger charge is -2.44. The predicted octanol–water partition coefficient (Wildman–Crippen LogP) is 6.94. The number of allylic oxidation sites excluding steroid dienone is 4. The minimum atomic E-state index is -2.12. The smallest absolute Gasteiger partial charge is 0.214 e. The van der Waals surface area contributed by atoms with Crippen LogP contribution >= 0.6 is 0 Å². The van der Waals surface area contributed by atoms with Crippen LogP contribution in [0.2, 0.25) is 0 Å². The summed E-state index contributed by atoms with van der Waals surface area (Å²) < 4.78 is 23.3. The number of rotatable bonds is 7. The van der Waals surface area contributed by atoms with E-state index < -0.39 is 12.2 Å². The van der Waals surface area contributed by atoms with Crippen LogP contribution in [-0.4, -0.2) is 17.4 Å². The molecule has 2 nitrogen and oxygen atoms in total. The third kappa shape index (κ3) is 5.25. The first-order chi connectivity index (χ1) is 14.9. The molecule has 0 aromatic carbocycles. The van der Waals surface area contributed by atoms with Gasteiger partial charge in [0.1, 0.15) is 0 Å². The van der Waals surface area contributed by atoms with Gasteiger partial charge in [-0.1, -0.05) is 76.8 Å². The fraction of sp³-hybridized carbons (Fsp3) is 0.778. The van der Waals surface area contributed by atoms with Gasteiger partial charge in [0.05, 0.1) is 0 Å². The van der Waals surface area contributed by atoms with Crippen molar-refractivity contribution in [2.24, 2.45) is 29.1 Å². The third-order valence-corrected chi connectivity index (χ3v) is 8.13. The molecule has 2 N–H and O–H groups in total. The standard InChI is InChI=1S/C27H44O2/c1-19(2)8-6-9-21(4)24-13-14-25-22(10-7-16-26(24,25)5)11-12-23-18-27(28,29)17-15-20(23)3/h11-12,19,21,24-25,28-29H,3,6-10,13-18H2,1-2,4-5H3/t21-,24-,25?,26-/m1/s1/i17D2,28D/t21-,24-,25?,26-,27-. The molecule has 0 radical (unpaired) electrons. The molecular formula is C27H44O2. The first-order valence-electron chi connectivity index (χ1n) is 13.3. The van der Waals surface area contributed by atoms with Crippen LogP contribution < -0.4 is 0 Å². The van der Waals surface area contributed by atoms with E-state index in [0.29, 0.717) is 16.9 Å². The zero-order chi connectivity index (χ0) is 23.7. The quantitative estimate of drug-likeness (QED) is 0.452. The van der Waals surface area contributed by atoms with Gasteiger partial charge in [0.15, 0.2) is 5.79 Å². The number of aliphatic hydroxyl groups is 2. The molecule has 3 saturated carbocycles. The maximum Gasteiger partial charge on any atom is 0.214 e. The summed E-state index contributed by atoms with van der Waals surface area (Å²) in [6, 6.07) is 0. The van der Waals surface area contributed by atoms with E-state index in [1.165, 1.54) is 50.5 Å². The first kappa shape index (κ1) is 18.9. The van der Waals surface area contributed by atoms with Gasteiger partial charge in [-0.2, -0.15) is 0 Å². The molecular weight excluding hydrogens is 356 g/mol. The van der Waals surface area contributed by atoms with Crippen molar-refractivity contribution in [2.75, 3.05) is 0 Å². The zero-order valence-corrected chi connectivity index (χ0v) is 19.1. The fourth-order valence-corrected chi connectivity index (χ4v) is 6.45. The second-order valence-corrected chi connectivity index (χ2v) is 10.7. The van der Waals surface area contributed by atoms with E-state index >= 15 is 0 Å².